The molecule has 1 saturated heterocycles. The lowest BCUT2D eigenvalue weighted by Crippen LogP contribution is -2.62. The van der Waals surface area contributed by atoms with Crippen LogP contribution in [0.1, 0.15) is 56.5 Å². The number of phenolic OH excluding ortho intramolecular Hbond substituents is 1. The number of nitrogens with one attached hydrogen (secondary N) is 1. The molecule has 1 aliphatic heterocycles. The molecular weight excluding hydrogens is 544 g/mol. The van der Waals surface area contributed by atoms with Gasteiger partial charge in [-0.15, -0.1) is 0 Å². The van der Waals surface area contributed by atoms with Crippen molar-refractivity contribution in [3.63, 3.8) is 0 Å². The van der Waals surface area contributed by atoms with E-state index in [0.29, 0.717) is 12.8 Å². The lowest BCUT2D eigenvalue weighted by molar-refractivity contribution is -0.142. The number of aromatic hydroxyl groups is 1. The summed E-state index contributed by atoms with van der Waals surface area (Å²) in [6.45, 7) is 7.45. The second-order valence-corrected chi connectivity index (χ2v) is 11.1. The van der Waals surface area contributed by atoms with Crippen LogP contribution in [-0.4, -0.2) is 92.5 Å². The molecule has 0 spiro atoms. The van der Waals surface area contributed by atoms with Gasteiger partial charge in [0.1, 0.15) is 23.4 Å². The Morgan fingerprint density at radius 2 is 1.76 bits per heavy atom. The Morgan fingerprint density at radius 1 is 1.10 bits per heavy atom. The molecule has 3 atom stereocenters. The summed E-state index contributed by atoms with van der Waals surface area (Å²) in [7, 11) is 0. The zero-order valence-corrected chi connectivity index (χ0v) is 24.6. The number of phenols is 1. The molecule has 42 heavy (non-hydrogen) atoms. The molecule has 2 aromatic carbocycles. The fourth-order valence-corrected chi connectivity index (χ4v) is 4.70. The number of carbonyl (C=O) groups excluding carboxylic acids is 4. The van der Waals surface area contributed by atoms with Gasteiger partial charge in [-0.3, -0.25) is 19.3 Å². The van der Waals surface area contributed by atoms with Crippen LogP contribution >= 0.6 is 0 Å². The number of hydrogen-bond acceptors (Lipinski definition) is 8. The lowest BCUT2D eigenvalue weighted by Gasteiger charge is -2.39. The summed E-state index contributed by atoms with van der Waals surface area (Å²) >= 11 is 0. The van der Waals surface area contributed by atoms with Gasteiger partial charge >= 0.3 is 6.09 Å². The quantitative estimate of drug-likeness (QED) is 0.344. The van der Waals surface area contributed by atoms with Crippen LogP contribution < -0.4 is 10.3 Å². The molecule has 0 bridgehead atoms. The van der Waals surface area contributed by atoms with Crippen molar-refractivity contribution >= 4 is 29.5 Å². The summed E-state index contributed by atoms with van der Waals surface area (Å²) in [6, 6.07) is 10.00. The van der Waals surface area contributed by atoms with Gasteiger partial charge in [0.25, 0.3) is 17.7 Å². The largest absolute Gasteiger partial charge is 0.508 e. The zero-order chi connectivity index (χ0) is 31.2. The van der Waals surface area contributed by atoms with Crippen molar-refractivity contribution in [3.05, 3.63) is 59.7 Å². The number of benzene rings is 2. The summed E-state index contributed by atoms with van der Waals surface area (Å²) < 4.78 is 5.50. The van der Waals surface area contributed by atoms with Gasteiger partial charge in [-0.05, 0) is 71.7 Å². The smallest absolute Gasteiger partial charge is 0.410 e. The highest BCUT2D eigenvalue weighted by Gasteiger charge is 2.43. The summed E-state index contributed by atoms with van der Waals surface area (Å²) in [6.07, 6.45) is -1.24. The number of para-hydroxylation sites is 1. The van der Waals surface area contributed by atoms with Crippen molar-refractivity contribution in [2.75, 3.05) is 24.7 Å². The van der Waals surface area contributed by atoms with E-state index in [9.17, 15) is 34.5 Å². The Kier molecular flexibility index (Phi) is 10.5. The first-order valence-corrected chi connectivity index (χ1v) is 13.8. The van der Waals surface area contributed by atoms with E-state index in [-0.39, 0.29) is 35.7 Å². The van der Waals surface area contributed by atoms with Crippen molar-refractivity contribution in [1.29, 1.82) is 0 Å². The fourth-order valence-electron chi connectivity index (χ4n) is 4.70. The van der Waals surface area contributed by atoms with E-state index in [1.54, 1.807) is 58.0 Å². The van der Waals surface area contributed by atoms with E-state index in [2.05, 4.69) is 5.32 Å². The van der Waals surface area contributed by atoms with E-state index in [1.807, 2.05) is 0 Å². The maximum absolute atomic E-state index is 14.2. The van der Waals surface area contributed by atoms with Gasteiger partial charge in [0, 0.05) is 17.7 Å². The molecule has 12 heteroatoms. The van der Waals surface area contributed by atoms with Crippen LogP contribution in [0.15, 0.2) is 48.5 Å². The Bertz CT molecular complexity index is 1280. The third kappa shape index (κ3) is 7.56. The molecule has 0 aromatic heterocycles. The number of ether oxygens (including phenoxy) is 1. The van der Waals surface area contributed by atoms with Crippen LogP contribution in [0.2, 0.25) is 0 Å². The molecule has 4 N–H and O–H groups in total. The van der Waals surface area contributed by atoms with E-state index in [4.69, 9.17) is 4.74 Å². The maximum atomic E-state index is 14.2. The molecule has 0 unspecified atom stereocenters. The summed E-state index contributed by atoms with van der Waals surface area (Å²) in [5, 5.41) is 35.2. The molecule has 0 saturated carbocycles. The SMILES string of the molecule is Cc1c(O)cccc1C(=O)N[C@H](C(=O)N(c1ccccc1)N(CCO)C(=O)[C@@H]1CCCN1C(=O)OC(C)(C)C)[C@@H](C)O. The Labute approximate surface area is 245 Å². The van der Waals surface area contributed by atoms with E-state index in [1.165, 1.54) is 30.0 Å². The highest BCUT2D eigenvalue weighted by atomic mass is 16.6. The number of aliphatic hydroxyl groups is 2. The second-order valence-electron chi connectivity index (χ2n) is 11.1. The van der Waals surface area contributed by atoms with Crippen LogP contribution in [0.25, 0.3) is 0 Å². The van der Waals surface area contributed by atoms with Crippen LogP contribution in [-0.2, 0) is 14.3 Å². The average molecular weight is 585 g/mol. The number of carbonyl (C=O) groups is 4. The molecule has 3 rings (SSSR count). The van der Waals surface area contributed by atoms with E-state index in [0.717, 1.165) is 10.0 Å². The minimum absolute atomic E-state index is 0.0990. The predicted molar refractivity (Wildman–Crippen MR) is 154 cm³/mol. The molecular formula is C30H40N4O8. The lowest BCUT2D eigenvalue weighted by atomic mass is 10.1. The first-order valence-electron chi connectivity index (χ1n) is 13.8. The van der Waals surface area contributed by atoms with Crippen LogP contribution in [0.4, 0.5) is 10.5 Å². The van der Waals surface area contributed by atoms with Crippen molar-refractivity contribution in [2.24, 2.45) is 0 Å². The van der Waals surface area contributed by atoms with E-state index >= 15 is 0 Å². The molecule has 12 nitrogen and oxygen atoms in total. The molecule has 228 valence electrons. The van der Waals surface area contributed by atoms with Crippen LogP contribution in [0.3, 0.4) is 0 Å². The highest BCUT2D eigenvalue weighted by molar-refractivity contribution is 6.05. The molecule has 4 amide bonds. The topological polar surface area (TPSA) is 160 Å². The minimum Gasteiger partial charge on any atom is -0.508 e. The molecule has 0 aliphatic carbocycles. The minimum atomic E-state index is -1.53. The third-order valence-corrected chi connectivity index (χ3v) is 6.77. The fraction of sp³-hybridized carbons (Fsp3) is 0.467. The predicted octanol–water partition coefficient (Wildman–Crippen LogP) is 2.35. The summed E-state index contributed by atoms with van der Waals surface area (Å²) in [4.78, 5) is 55.6. The number of hydrazine groups is 1. The Morgan fingerprint density at radius 3 is 2.36 bits per heavy atom. The number of anilines is 1. The maximum Gasteiger partial charge on any atom is 0.410 e. The number of likely N-dealkylation sites (tertiary alicyclic amines) is 1. The Balaban J connectivity index is 2.01. The summed E-state index contributed by atoms with van der Waals surface area (Å²) in [5.74, 6) is -2.32. The van der Waals surface area contributed by atoms with E-state index < -0.39 is 54.2 Å². The van der Waals surface area contributed by atoms with Crippen molar-refractivity contribution < 1.29 is 39.2 Å². The molecule has 1 fully saturated rings. The van der Waals surface area contributed by atoms with Crippen molar-refractivity contribution in [3.8, 4) is 5.75 Å². The van der Waals surface area contributed by atoms with Gasteiger partial charge in [0.2, 0.25) is 0 Å². The standard InChI is InChI=1S/C30H40N4O8/c1-19-22(13-9-15-24(19)37)26(38)31-25(20(2)36)28(40)34(21-11-7-6-8-12-21)33(17-18-35)27(39)23-14-10-16-32(23)29(41)42-30(3,4)5/h6-9,11-13,15,20,23,25,35-37H,10,14,16-18H2,1-5H3,(H,31,38)/t20-,23+,25+/m1/s1. The van der Waals surface area contributed by atoms with Crippen LogP contribution in [0, 0.1) is 6.92 Å². The first-order chi connectivity index (χ1) is 19.8. The van der Waals surface area contributed by atoms with Crippen molar-refractivity contribution in [1.82, 2.24) is 15.2 Å². The highest BCUT2D eigenvalue weighted by Crippen LogP contribution is 2.26. The van der Waals surface area contributed by atoms with Gasteiger partial charge in [0.05, 0.1) is 24.9 Å². The van der Waals surface area contributed by atoms with Gasteiger partial charge in [-0.2, -0.15) is 0 Å². The second kappa shape index (κ2) is 13.7. The Hall–Kier alpha value is -4.16. The normalized spacial score (nSPS) is 16.4. The zero-order valence-electron chi connectivity index (χ0n) is 24.6. The monoisotopic (exact) mass is 584 g/mol. The number of aliphatic hydroxyl groups excluding tert-OH is 2. The molecule has 1 aliphatic rings. The van der Waals surface area contributed by atoms with Crippen LogP contribution in [0.5, 0.6) is 5.75 Å². The number of nitrogens with zero attached hydrogens (tertiary/aromatic N) is 3. The van der Waals surface area contributed by atoms with Gasteiger partial charge in [-0.1, -0.05) is 24.3 Å². The van der Waals surface area contributed by atoms with Gasteiger partial charge in [-0.25, -0.2) is 14.8 Å². The average Bonchev–Trinajstić information content (AvgIpc) is 3.42. The number of hydrogen-bond donors (Lipinski definition) is 4. The first kappa shape index (κ1) is 32.4. The molecule has 0 radical (unpaired) electrons. The third-order valence-electron chi connectivity index (χ3n) is 6.77. The van der Waals surface area contributed by atoms with Crippen molar-refractivity contribution in [2.45, 2.75) is 71.2 Å². The van der Waals surface area contributed by atoms with Gasteiger partial charge < -0.3 is 25.4 Å². The number of amides is 4. The molecule has 2 aromatic rings. The number of rotatable bonds is 8. The van der Waals surface area contributed by atoms with Gasteiger partial charge in [0.15, 0.2) is 0 Å². The molecule has 1 heterocycles. The summed E-state index contributed by atoms with van der Waals surface area (Å²) in [5.41, 5.74) is -0.172.